The van der Waals surface area contributed by atoms with Crippen LogP contribution in [0.15, 0.2) is 12.1 Å². The van der Waals surface area contributed by atoms with Gasteiger partial charge in [0.05, 0.1) is 5.69 Å². The molecule has 0 aromatic heterocycles. The van der Waals surface area contributed by atoms with Crippen LogP contribution >= 0.6 is 12.4 Å². The van der Waals surface area contributed by atoms with E-state index >= 15 is 0 Å². The van der Waals surface area contributed by atoms with E-state index in [2.05, 4.69) is 0 Å². The van der Waals surface area contributed by atoms with Gasteiger partial charge in [0.2, 0.25) is 0 Å². The van der Waals surface area contributed by atoms with Gasteiger partial charge in [0.25, 0.3) is 0 Å². The number of rotatable bonds is 1. The third kappa shape index (κ3) is 2.02. The maximum Gasteiger partial charge on any atom is 0.183 e. The van der Waals surface area contributed by atoms with Gasteiger partial charge in [-0.25, -0.2) is 13.2 Å². The van der Waals surface area contributed by atoms with Crippen molar-refractivity contribution in [3.8, 4) is 0 Å². The summed E-state index contributed by atoms with van der Waals surface area (Å²) in [6.45, 7) is 0. The molecule has 0 radical (unpaired) electrons. The van der Waals surface area contributed by atoms with Crippen LogP contribution in [0, 0.1) is 17.5 Å². The standard InChI is InChI=1S/C6H5F3N2.ClH/c7-3-1-4(8)6(9)5(2-3)11-10;/h1-2,11H,10H2;1H. The number of hydrogen-bond donors (Lipinski definition) is 2. The van der Waals surface area contributed by atoms with Crippen LogP contribution < -0.4 is 11.3 Å². The number of nitrogens with two attached hydrogens (primary N) is 1. The van der Waals surface area contributed by atoms with Crippen molar-refractivity contribution in [2.45, 2.75) is 0 Å². The third-order valence-corrected chi connectivity index (χ3v) is 1.15. The zero-order chi connectivity index (χ0) is 8.43. The van der Waals surface area contributed by atoms with Crippen molar-refractivity contribution >= 4 is 18.1 Å². The van der Waals surface area contributed by atoms with E-state index < -0.39 is 23.1 Å². The Kier molecular flexibility index (Phi) is 3.85. The SMILES string of the molecule is Cl.NNc1cc(F)cc(F)c1F. The van der Waals surface area contributed by atoms with Gasteiger partial charge in [0.1, 0.15) is 5.82 Å². The predicted octanol–water partition coefficient (Wildman–Crippen LogP) is 1.81. The molecule has 0 aliphatic rings. The van der Waals surface area contributed by atoms with Crippen molar-refractivity contribution in [2.24, 2.45) is 5.84 Å². The molecule has 0 amide bonds. The summed E-state index contributed by atoms with van der Waals surface area (Å²) in [5.74, 6) is 1.44. The fourth-order valence-corrected chi connectivity index (χ4v) is 0.661. The summed E-state index contributed by atoms with van der Waals surface area (Å²) in [6.07, 6.45) is 0. The second-order valence-electron chi connectivity index (χ2n) is 1.89. The maximum atomic E-state index is 12.5. The normalized spacial score (nSPS) is 9.00. The quantitative estimate of drug-likeness (QED) is 0.410. The molecule has 2 nitrogen and oxygen atoms in total. The molecular weight excluding hydrogens is 193 g/mol. The summed E-state index contributed by atoms with van der Waals surface area (Å²) in [5, 5.41) is 0. The lowest BCUT2D eigenvalue weighted by Gasteiger charge is -2.01. The minimum Gasteiger partial charge on any atom is -0.321 e. The molecule has 0 heterocycles. The molecule has 0 unspecified atom stereocenters. The summed E-state index contributed by atoms with van der Waals surface area (Å²) < 4.78 is 37.1. The lowest BCUT2D eigenvalue weighted by atomic mass is 10.3. The van der Waals surface area contributed by atoms with Gasteiger partial charge in [-0.1, -0.05) is 0 Å². The fraction of sp³-hybridized carbons (Fsp3) is 0. The number of hydrazine groups is 1. The molecule has 0 aliphatic carbocycles. The monoisotopic (exact) mass is 198 g/mol. The Morgan fingerprint density at radius 1 is 1.17 bits per heavy atom. The average molecular weight is 199 g/mol. The molecule has 1 aromatic rings. The fourth-order valence-electron chi connectivity index (χ4n) is 0.661. The molecule has 0 bridgehead atoms. The molecule has 1 aromatic carbocycles. The molecule has 68 valence electrons. The van der Waals surface area contributed by atoms with E-state index in [0.29, 0.717) is 6.07 Å². The molecule has 0 spiro atoms. The van der Waals surface area contributed by atoms with Crippen LogP contribution in [-0.2, 0) is 0 Å². The Bertz CT molecular complexity index is 280. The Balaban J connectivity index is 0.00000121. The van der Waals surface area contributed by atoms with Crippen molar-refractivity contribution in [2.75, 3.05) is 5.43 Å². The van der Waals surface area contributed by atoms with Gasteiger partial charge in [-0.3, -0.25) is 5.84 Å². The maximum absolute atomic E-state index is 12.5. The van der Waals surface area contributed by atoms with Crippen LogP contribution in [0.4, 0.5) is 18.9 Å². The lowest BCUT2D eigenvalue weighted by molar-refractivity contribution is 0.497. The number of anilines is 1. The number of nitrogen functional groups attached to an aromatic ring is 1. The van der Waals surface area contributed by atoms with Gasteiger partial charge in [0, 0.05) is 12.1 Å². The highest BCUT2D eigenvalue weighted by atomic mass is 35.5. The smallest absolute Gasteiger partial charge is 0.183 e. The van der Waals surface area contributed by atoms with E-state index in [-0.39, 0.29) is 12.4 Å². The Morgan fingerprint density at radius 2 is 1.75 bits per heavy atom. The van der Waals surface area contributed by atoms with Crippen molar-refractivity contribution in [1.82, 2.24) is 0 Å². The Hall–Kier alpha value is -0.940. The number of benzene rings is 1. The first-order valence-corrected chi connectivity index (χ1v) is 2.76. The van der Waals surface area contributed by atoms with Crippen molar-refractivity contribution in [1.29, 1.82) is 0 Å². The molecule has 1 rings (SSSR count). The van der Waals surface area contributed by atoms with Gasteiger partial charge in [-0.15, -0.1) is 12.4 Å². The minimum absolute atomic E-state index is 0. The van der Waals surface area contributed by atoms with Crippen LogP contribution in [-0.4, -0.2) is 0 Å². The van der Waals surface area contributed by atoms with Gasteiger partial charge in [-0.05, 0) is 0 Å². The van der Waals surface area contributed by atoms with Crippen LogP contribution in [0.5, 0.6) is 0 Å². The molecular formula is C6H6ClF3N2. The van der Waals surface area contributed by atoms with E-state index in [1.807, 2.05) is 5.43 Å². The van der Waals surface area contributed by atoms with E-state index in [0.717, 1.165) is 6.07 Å². The highest BCUT2D eigenvalue weighted by Crippen LogP contribution is 2.17. The zero-order valence-corrected chi connectivity index (χ0v) is 6.59. The second-order valence-corrected chi connectivity index (χ2v) is 1.89. The summed E-state index contributed by atoms with van der Waals surface area (Å²) in [6, 6.07) is 1.20. The van der Waals surface area contributed by atoms with Crippen molar-refractivity contribution in [3.05, 3.63) is 29.6 Å². The first-order chi connectivity index (χ1) is 5.15. The van der Waals surface area contributed by atoms with Gasteiger partial charge < -0.3 is 5.43 Å². The molecule has 0 saturated carbocycles. The third-order valence-electron chi connectivity index (χ3n) is 1.15. The first kappa shape index (κ1) is 11.1. The minimum atomic E-state index is -1.27. The highest BCUT2D eigenvalue weighted by Gasteiger charge is 2.08. The van der Waals surface area contributed by atoms with Gasteiger partial charge in [0.15, 0.2) is 11.6 Å². The molecule has 0 fully saturated rings. The summed E-state index contributed by atoms with van der Waals surface area (Å²) in [5.41, 5.74) is 1.42. The van der Waals surface area contributed by atoms with E-state index in [1.54, 1.807) is 0 Å². The second kappa shape index (κ2) is 4.18. The number of halogens is 4. The lowest BCUT2D eigenvalue weighted by Crippen LogP contribution is -2.09. The highest BCUT2D eigenvalue weighted by molar-refractivity contribution is 5.85. The topological polar surface area (TPSA) is 38.0 Å². The number of hydrogen-bond acceptors (Lipinski definition) is 2. The average Bonchev–Trinajstić information content (AvgIpc) is 1.96. The molecule has 6 heteroatoms. The zero-order valence-electron chi connectivity index (χ0n) is 5.77. The molecule has 0 aliphatic heterocycles. The Morgan fingerprint density at radius 3 is 2.25 bits per heavy atom. The summed E-state index contributed by atoms with van der Waals surface area (Å²) >= 11 is 0. The van der Waals surface area contributed by atoms with Crippen LogP contribution in [0.2, 0.25) is 0 Å². The van der Waals surface area contributed by atoms with E-state index in [4.69, 9.17) is 5.84 Å². The molecule has 3 N–H and O–H groups in total. The van der Waals surface area contributed by atoms with Crippen LogP contribution in [0.3, 0.4) is 0 Å². The first-order valence-electron chi connectivity index (χ1n) is 2.76. The van der Waals surface area contributed by atoms with Crippen LogP contribution in [0.25, 0.3) is 0 Å². The van der Waals surface area contributed by atoms with Crippen molar-refractivity contribution < 1.29 is 13.2 Å². The van der Waals surface area contributed by atoms with Crippen molar-refractivity contribution in [3.63, 3.8) is 0 Å². The Labute approximate surface area is 72.9 Å². The van der Waals surface area contributed by atoms with E-state index in [1.165, 1.54) is 0 Å². The molecule has 12 heavy (non-hydrogen) atoms. The summed E-state index contributed by atoms with van der Waals surface area (Å²) in [7, 11) is 0. The predicted molar refractivity (Wildman–Crippen MR) is 41.4 cm³/mol. The number of nitrogens with one attached hydrogen (secondary N) is 1. The van der Waals surface area contributed by atoms with Gasteiger partial charge >= 0.3 is 0 Å². The summed E-state index contributed by atoms with van der Waals surface area (Å²) in [4.78, 5) is 0. The van der Waals surface area contributed by atoms with E-state index in [9.17, 15) is 13.2 Å². The molecule has 0 atom stereocenters. The molecule has 0 saturated heterocycles. The van der Waals surface area contributed by atoms with Crippen LogP contribution in [0.1, 0.15) is 0 Å². The largest absolute Gasteiger partial charge is 0.321 e. The van der Waals surface area contributed by atoms with Gasteiger partial charge in [-0.2, -0.15) is 0 Å².